The van der Waals surface area contributed by atoms with Gasteiger partial charge in [-0.05, 0) is 25.5 Å². The summed E-state index contributed by atoms with van der Waals surface area (Å²) in [6, 6.07) is 6.42. The summed E-state index contributed by atoms with van der Waals surface area (Å²) >= 11 is 1.08. The highest BCUT2D eigenvalue weighted by molar-refractivity contribution is 7.21. The summed E-state index contributed by atoms with van der Waals surface area (Å²) in [5, 5.41) is 3.62. The summed E-state index contributed by atoms with van der Waals surface area (Å²) in [5.74, 6) is -0.711. The number of nitrogens with two attached hydrogens (primary N) is 2. The van der Waals surface area contributed by atoms with Crippen LogP contribution in [-0.2, 0) is 0 Å². The zero-order valence-electron chi connectivity index (χ0n) is 13.8. The summed E-state index contributed by atoms with van der Waals surface area (Å²) < 4.78 is 14.4. The van der Waals surface area contributed by atoms with E-state index in [0.29, 0.717) is 27.4 Å². The van der Waals surface area contributed by atoms with Gasteiger partial charge >= 0.3 is 0 Å². The Balaban J connectivity index is 2.31. The standard InChI is InChI=1S/C17H18FN5OS/c1-3-8(2)21-17-22-13(9-6-4-5-7-10(9)18)11-12(19)14(15(20)24)25-16(11)23-17/h4-8H,3,19H2,1-2H3,(H2,20,24)(H,21,22,23). The van der Waals surface area contributed by atoms with Crippen molar-refractivity contribution in [3.63, 3.8) is 0 Å². The van der Waals surface area contributed by atoms with Gasteiger partial charge < -0.3 is 16.8 Å². The molecule has 5 N–H and O–H groups in total. The Hall–Kier alpha value is -2.74. The van der Waals surface area contributed by atoms with Crippen molar-refractivity contribution >= 4 is 39.1 Å². The van der Waals surface area contributed by atoms with Gasteiger partial charge in [-0.2, -0.15) is 0 Å². The number of fused-ring (bicyclic) bond motifs is 1. The lowest BCUT2D eigenvalue weighted by atomic mass is 10.1. The Morgan fingerprint density at radius 3 is 2.72 bits per heavy atom. The summed E-state index contributed by atoms with van der Waals surface area (Å²) in [6.07, 6.45) is 0.871. The first-order chi connectivity index (χ1) is 11.9. The number of hydrogen-bond acceptors (Lipinski definition) is 6. The average molecular weight is 359 g/mol. The van der Waals surface area contributed by atoms with Crippen molar-refractivity contribution in [3.05, 3.63) is 35.0 Å². The molecule has 3 aromatic rings. The summed E-state index contributed by atoms with van der Waals surface area (Å²) in [4.78, 5) is 21.2. The first-order valence-corrected chi connectivity index (χ1v) is 8.65. The number of nitrogens with zero attached hydrogens (tertiary/aromatic N) is 2. The Kier molecular flexibility index (Phi) is 4.54. The minimum Gasteiger partial charge on any atom is -0.397 e. The van der Waals surface area contributed by atoms with Crippen LogP contribution in [0.4, 0.5) is 16.0 Å². The van der Waals surface area contributed by atoms with Crippen molar-refractivity contribution in [1.82, 2.24) is 9.97 Å². The third kappa shape index (κ3) is 3.12. The molecule has 130 valence electrons. The summed E-state index contributed by atoms with van der Waals surface area (Å²) in [6.45, 7) is 4.02. The molecule has 1 aromatic carbocycles. The van der Waals surface area contributed by atoms with Crippen LogP contribution >= 0.6 is 11.3 Å². The average Bonchev–Trinajstić information content (AvgIpc) is 2.91. The van der Waals surface area contributed by atoms with Crippen LogP contribution in [0, 0.1) is 5.82 Å². The molecule has 8 heteroatoms. The number of amides is 1. The van der Waals surface area contributed by atoms with Crippen LogP contribution in [0.5, 0.6) is 0 Å². The maximum absolute atomic E-state index is 14.4. The maximum Gasteiger partial charge on any atom is 0.260 e. The molecule has 0 aliphatic rings. The first kappa shape index (κ1) is 17.1. The third-order valence-corrected chi connectivity index (χ3v) is 5.04. The minimum atomic E-state index is -0.642. The highest BCUT2D eigenvalue weighted by Gasteiger charge is 2.22. The molecule has 0 saturated carbocycles. The van der Waals surface area contributed by atoms with Crippen molar-refractivity contribution < 1.29 is 9.18 Å². The van der Waals surface area contributed by atoms with Crippen LogP contribution in [0.25, 0.3) is 21.5 Å². The van der Waals surface area contributed by atoms with E-state index in [2.05, 4.69) is 15.3 Å². The minimum absolute atomic E-state index is 0.138. The lowest BCUT2D eigenvalue weighted by Crippen LogP contribution is -2.16. The van der Waals surface area contributed by atoms with Crippen LogP contribution in [0.1, 0.15) is 29.9 Å². The molecule has 0 bridgehead atoms. The molecule has 1 amide bonds. The number of benzene rings is 1. The molecule has 2 heterocycles. The highest BCUT2D eigenvalue weighted by atomic mass is 32.1. The van der Waals surface area contributed by atoms with Crippen LogP contribution < -0.4 is 16.8 Å². The van der Waals surface area contributed by atoms with E-state index in [4.69, 9.17) is 11.5 Å². The largest absolute Gasteiger partial charge is 0.397 e. The van der Waals surface area contributed by atoms with Gasteiger partial charge in [0.15, 0.2) is 0 Å². The fraction of sp³-hybridized carbons (Fsp3) is 0.235. The topological polar surface area (TPSA) is 107 Å². The van der Waals surface area contributed by atoms with Gasteiger partial charge in [0.2, 0.25) is 5.95 Å². The maximum atomic E-state index is 14.4. The van der Waals surface area contributed by atoms with Crippen molar-refractivity contribution in [2.75, 3.05) is 11.1 Å². The highest BCUT2D eigenvalue weighted by Crippen LogP contribution is 2.39. The molecule has 6 nitrogen and oxygen atoms in total. The molecular formula is C17H18FN5OS. The van der Waals surface area contributed by atoms with Crippen LogP contribution in [0.15, 0.2) is 24.3 Å². The van der Waals surface area contributed by atoms with E-state index in [9.17, 15) is 9.18 Å². The number of aromatic nitrogens is 2. The molecule has 3 rings (SSSR count). The molecule has 0 radical (unpaired) electrons. The number of hydrogen-bond donors (Lipinski definition) is 3. The van der Waals surface area contributed by atoms with Gasteiger partial charge in [0.05, 0.1) is 16.8 Å². The molecule has 0 fully saturated rings. The van der Waals surface area contributed by atoms with Gasteiger partial charge in [0.25, 0.3) is 5.91 Å². The van der Waals surface area contributed by atoms with Gasteiger partial charge in [-0.1, -0.05) is 19.1 Å². The van der Waals surface area contributed by atoms with Crippen LogP contribution in [-0.4, -0.2) is 21.9 Å². The first-order valence-electron chi connectivity index (χ1n) is 7.83. The number of primary amides is 1. The van der Waals surface area contributed by atoms with Crippen molar-refractivity contribution in [1.29, 1.82) is 0 Å². The number of anilines is 2. The molecule has 0 aliphatic heterocycles. The van der Waals surface area contributed by atoms with Gasteiger partial charge in [-0.25, -0.2) is 14.4 Å². The van der Waals surface area contributed by atoms with E-state index in [1.165, 1.54) is 6.07 Å². The molecule has 25 heavy (non-hydrogen) atoms. The lowest BCUT2D eigenvalue weighted by Gasteiger charge is -2.13. The monoisotopic (exact) mass is 359 g/mol. The Labute approximate surface area is 148 Å². The molecule has 0 aliphatic carbocycles. The van der Waals surface area contributed by atoms with E-state index in [0.717, 1.165) is 17.8 Å². The fourth-order valence-corrected chi connectivity index (χ4v) is 3.39. The number of thiophene rings is 1. The third-order valence-electron chi connectivity index (χ3n) is 3.93. The van der Waals surface area contributed by atoms with Crippen LogP contribution in [0.2, 0.25) is 0 Å². The predicted molar refractivity (Wildman–Crippen MR) is 99.1 cm³/mol. The Morgan fingerprint density at radius 1 is 1.36 bits per heavy atom. The fourth-order valence-electron chi connectivity index (χ4n) is 2.44. The van der Waals surface area contributed by atoms with Crippen molar-refractivity contribution in [2.24, 2.45) is 5.73 Å². The number of carbonyl (C=O) groups excluding carboxylic acids is 1. The van der Waals surface area contributed by atoms with E-state index in [-0.39, 0.29) is 16.6 Å². The number of nitrogen functional groups attached to an aromatic ring is 1. The SMILES string of the molecule is CCC(C)Nc1nc(-c2ccccc2F)c2c(N)c(C(N)=O)sc2n1. The van der Waals surface area contributed by atoms with E-state index >= 15 is 0 Å². The molecule has 1 atom stereocenters. The van der Waals surface area contributed by atoms with Gasteiger partial charge in [0, 0.05) is 11.6 Å². The molecule has 0 spiro atoms. The second kappa shape index (κ2) is 6.64. The zero-order valence-corrected chi connectivity index (χ0v) is 14.7. The number of nitrogens with one attached hydrogen (secondary N) is 1. The second-order valence-electron chi connectivity index (χ2n) is 5.72. The molecule has 0 saturated heterocycles. The number of carbonyl (C=O) groups is 1. The van der Waals surface area contributed by atoms with E-state index in [1.807, 2.05) is 13.8 Å². The molecule has 2 aromatic heterocycles. The predicted octanol–water partition coefficient (Wildman–Crippen LogP) is 3.39. The van der Waals surface area contributed by atoms with Crippen molar-refractivity contribution in [3.8, 4) is 11.3 Å². The summed E-state index contributed by atoms with van der Waals surface area (Å²) in [5.41, 5.74) is 12.3. The van der Waals surface area contributed by atoms with Crippen molar-refractivity contribution in [2.45, 2.75) is 26.3 Å². The summed E-state index contributed by atoms with van der Waals surface area (Å²) in [7, 11) is 0. The smallest absolute Gasteiger partial charge is 0.260 e. The van der Waals surface area contributed by atoms with E-state index in [1.54, 1.807) is 18.2 Å². The molecular weight excluding hydrogens is 341 g/mol. The Morgan fingerprint density at radius 2 is 2.08 bits per heavy atom. The number of rotatable bonds is 5. The quantitative estimate of drug-likeness (QED) is 0.647. The number of halogens is 1. The van der Waals surface area contributed by atoms with Gasteiger partial charge in [-0.15, -0.1) is 11.3 Å². The Bertz CT molecular complexity index is 956. The normalized spacial score (nSPS) is 12.3. The van der Waals surface area contributed by atoms with Crippen LogP contribution in [0.3, 0.4) is 0 Å². The lowest BCUT2D eigenvalue weighted by molar-refractivity contribution is 0.100. The second-order valence-corrected chi connectivity index (χ2v) is 6.72. The zero-order chi connectivity index (χ0) is 18.1. The molecule has 1 unspecified atom stereocenters. The van der Waals surface area contributed by atoms with Gasteiger partial charge in [-0.3, -0.25) is 4.79 Å². The van der Waals surface area contributed by atoms with E-state index < -0.39 is 11.7 Å². The van der Waals surface area contributed by atoms with Gasteiger partial charge in [0.1, 0.15) is 15.5 Å².